The summed E-state index contributed by atoms with van der Waals surface area (Å²) in [7, 11) is 2.90. The third-order valence-electron chi connectivity index (χ3n) is 4.91. The van der Waals surface area contributed by atoms with E-state index < -0.39 is 4.92 Å². The van der Waals surface area contributed by atoms with Crippen molar-refractivity contribution in [3.8, 4) is 17.2 Å². The van der Waals surface area contributed by atoms with Crippen LogP contribution in [0.1, 0.15) is 5.56 Å². The van der Waals surface area contributed by atoms with Gasteiger partial charge < -0.3 is 14.8 Å². The number of methoxy groups -OCH3 is 2. The third-order valence-corrected chi connectivity index (χ3v) is 4.91. The number of rotatable bonds is 8. The number of benzene rings is 2. The standard InChI is InChI=1S/C21H19FN6O4/c1-31-18-9-13(17(28(29)30)10-19(18)32-2)7-8-23-20-16-11-26-27(21(16)25-12-24-20)15-5-3-14(22)4-6-15/h3-6,9-12H,7-8H2,1-2H3,(H,23,24,25). The average Bonchev–Trinajstić information content (AvgIpc) is 3.24. The van der Waals surface area contributed by atoms with Crippen LogP contribution in [0, 0.1) is 15.9 Å². The van der Waals surface area contributed by atoms with Crippen LogP contribution in [0.25, 0.3) is 16.7 Å². The number of halogens is 1. The van der Waals surface area contributed by atoms with Gasteiger partial charge in [0.15, 0.2) is 17.1 Å². The van der Waals surface area contributed by atoms with Crippen LogP contribution in [0.2, 0.25) is 0 Å². The van der Waals surface area contributed by atoms with Gasteiger partial charge in [0.05, 0.1) is 42.5 Å². The number of nitro groups is 1. The van der Waals surface area contributed by atoms with Crippen LogP contribution in [0.15, 0.2) is 48.9 Å². The Kier molecular flexibility index (Phi) is 5.79. The second-order valence-electron chi connectivity index (χ2n) is 6.76. The summed E-state index contributed by atoms with van der Waals surface area (Å²) >= 11 is 0. The molecule has 10 nitrogen and oxygen atoms in total. The number of hydrogen-bond donors (Lipinski definition) is 1. The minimum absolute atomic E-state index is 0.0542. The first-order valence-corrected chi connectivity index (χ1v) is 9.59. The Morgan fingerprint density at radius 3 is 2.53 bits per heavy atom. The SMILES string of the molecule is COc1cc(CCNc2ncnc3c2cnn3-c2ccc(F)cc2)c([N+](=O)[O-])cc1OC. The van der Waals surface area contributed by atoms with Gasteiger partial charge in [-0.25, -0.2) is 19.0 Å². The summed E-state index contributed by atoms with van der Waals surface area (Å²) in [4.78, 5) is 19.6. The fourth-order valence-corrected chi connectivity index (χ4v) is 3.35. The van der Waals surface area contributed by atoms with E-state index in [2.05, 4.69) is 20.4 Å². The predicted molar refractivity (Wildman–Crippen MR) is 115 cm³/mol. The highest BCUT2D eigenvalue weighted by atomic mass is 19.1. The molecule has 2 aromatic heterocycles. The summed E-state index contributed by atoms with van der Waals surface area (Å²) in [6.07, 6.45) is 3.35. The molecule has 0 spiro atoms. The van der Waals surface area contributed by atoms with Crippen LogP contribution in [0.5, 0.6) is 11.5 Å². The molecule has 2 heterocycles. The molecule has 32 heavy (non-hydrogen) atoms. The van der Waals surface area contributed by atoms with Gasteiger partial charge in [-0.05, 0) is 36.8 Å². The van der Waals surface area contributed by atoms with Crippen molar-refractivity contribution >= 4 is 22.5 Å². The first-order valence-electron chi connectivity index (χ1n) is 9.59. The van der Waals surface area contributed by atoms with E-state index in [1.807, 2.05) is 0 Å². The van der Waals surface area contributed by atoms with Crippen LogP contribution in [-0.2, 0) is 6.42 Å². The van der Waals surface area contributed by atoms with Gasteiger partial charge in [0.2, 0.25) is 0 Å². The van der Waals surface area contributed by atoms with E-state index in [1.54, 1.807) is 29.1 Å². The number of aromatic nitrogens is 4. The topological polar surface area (TPSA) is 117 Å². The highest BCUT2D eigenvalue weighted by Gasteiger charge is 2.19. The molecule has 0 bridgehead atoms. The molecule has 0 aliphatic heterocycles. The lowest BCUT2D eigenvalue weighted by molar-refractivity contribution is -0.385. The fraction of sp³-hybridized carbons (Fsp3) is 0.190. The van der Waals surface area contributed by atoms with Crippen molar-refractivity contribution in [3.05, 3.63) is 70.4 Å². The summed E-state index contributed by atoms with van der Waals surface area (Å²) in [5, 5.41) is 19.7. The maximum Gasteiger partial charge on any atom is 0.276 e. The average molecular weight is 438 g/mol. The molecule has 0 saturated carbocycles. The molecule has 0 unspecified atom stereocenters. The summed E-state index contributed by atoms with van der Waals surface area (Å²) in [5.74, 6) is 0.901. The van der Waals surface area contributed by atoms with Gasteiger partial charge in [-0.15, -0.1) is 0 Å². The van der Waals surface area contributed by atoms with Gasteiger partial charge in [-0.2, -0.15) is 5.10 Å². The highest BCUT2D eigenvalue weighted by Crippen LogP contribution is 2.34. The van der Waals surface area contributed by atoms with E-state index >= 15 is 0 Å². The van der Waals surface area contributed by atoms with Crippen molar-refractivity contribution in [2.45, 2.75) is 6.42 Å². The molecule has 0 aliphatic rings. The number of nitrogens with zero attached hydrogens (tertiary/aromatic N) is 5. The van der Waals surface area contributed by atoms with E-state index in [9.17, 15) is 14.5 Å². The van der Waals surface area contributed by atoms with Gasteiger partial charge in [0.25, 0.3) is 5.69 Å². The molecule has 164 valence electrons. The lowest BCUT2D eigenvalue weighted by Gasteiger charge is -2.11. The van der Waals surface area contributed by atoms with Gasteiger partial charge in [-0.1, -0.05) is 0 Å². The fourth-order valence-electron chi connectivity index (χ4n) is 3.35. The summed E-state index contributed by atoms with van der Waals surface area (Å²) < 4.78 is 25.2. The molecular weight excluding hydrogens is 419 g/mol. The van der Waals surface area contributed by atoms with Gasteiger partial charge in [0, 0.05) is 12.1 Å². The lowest BCUT2D eigenvalue weighted by Crippen LogP contribution is -2.09. The Morgan fingerprint density at radius 2 is 1.84 bits per heavy atom. The largest absolute Gasteiger partial charge is 0.493 e. The monoisotopic (exact) mass is 438 g/mol. The molecule has 1 N–H and O–H groups in total. The van der Waals surface area contributed by atoms with Crippen molar-refractivity contribution in [2.75, 3.05) is 26.1 Å². The van der Waals surface area contributed by atoms with Crippen molar-refractivity contribution < 1.29 is 18.8 Å². The molecule has 11 heteroatoms. The third kappa shape index (κ3) is 4.00. The van der Waals surface area contributed by atoms with Crippen LogP contribution in [0.3, 0.4) is 0 Å². The Morgan fingerprint density at radius 1 is 1.12 bits per heavy atom. The number of nitrogens with one attached hydrogen (secondary N) is 1. The molecule has 2 aromatic carbocycles. The zero-order valence-electron chi connectivity index (χ0n) is 17.3. The quantitative estimate of drug-likeness (QED) is 0.328. The van der Waals surface area contributed by atoms with Crippen LogP contribution in [-0.4, -0.2) is 45.4 Å². The smallest absolute Gasteiger partial charge is 0.276 e. The molecule has 0 saturated heterocycles. The molecule has 0 fully saturated rings. The van der Waals surface area contributed by atoms with Crippen LogP contribution < -0.4 is 14.8 Å². The van der Waals surface area contributed by atoms with Crippen molar-refractivity contribution in [1.29, 1.82) is 0 Å². The number of anilines is 1. The second kappa shape index (κ2) is 8.84. The maximum absolute atomic E-state index is 13.2. The van der Waals surface area contributed by atoms with E-state index in [1.165, 1.54) is 38.7 Å². The predicted octanol–water partition coefficient (Wildman–Crippen LogP) is 3.53. The normalized spacial score (nSPS) is 10.8. The second-order valence-corrected chi connectivity index (χ2v) is 6.76. The van der Waals surface area contributed by atoms with Gasteiger partial charge in [-0.3, -0.25) is 10.1 Å². The zero-order valence-corrected chi connectivity index (χ0v) is 17.3. The van der Waals surface area contributed by atoms with E-state index in [-0.39, 0.29) is 11.5 Å². The molecule has 4 aromatic rings. The van der Waals surface area contributed by atoms with Gasteiger partial charge >= 0.3 is 0 Å². The Balaban J connectivity index is 1.57. The minimum atomic E-state index is -0.451. The molecule has 0 radical (unpaired) electrons. The minimum Gasteiger partial charge on any atom is -0.493 e. The lowest BCUT2D eigenvalue weighted by atomic mass is 10.1. The van der Waals surface area contributed by atoms with Crippen LogP contribution >= 0.6 is 0 Å². The van der Waals surface area contributed by atoms with Gasteiger partial charge in [0.1, 0.15) is 18.0 Å². The number of nitro benzene ring substituents is 1. The van der Waals surface area contributed by atoms with E-state index in [0.29, 0.717) is 52.6 Å². The highest BCUT2D eigenvalue weighted by molar-refractivity contribution is 5.87. The molecule has 0 aliphatic carbocycles. The molecule has 0 atom stereocenters. The molecular formula is C21H19FN6O4. The Hall–Kier alpha value is -4.28. The number of ether oxygens (including phenoxy) is 2. The molecule has 4 rings (SSSR count). The summed E-state index contributed by atoms with van der Waals surface area (Å²) in [5.41, 5.74) is 1.65. The number of hydrogen-bond acceptors (Lipinski definition) is 8. The first kappa shape index (κ1) is 21.0. The maximum atomic E-state index is 13.2. The van der Waals surface area contributed by atoms with E-state index in [0.717, 1.165) is 0 Å². The zero-order chi connectivity index (χ0) is 22.7. The molecule has 0 amide bonds. The van der Waals surface area contributed by atoms with Crippen molar-refractivity contribution in [2.24, 2.45) is 0 Å². The summed E-state index contributed by atoms with van der Waals surface area (Å²) in [6.45, 7) is 0.365. The van der Waals surface area contributed by atoms with Crippen molar-refractivity contribution in [1.82, 2.24) is 19.7 Å². The van der Waals surface area contributed by atoms with Crippen molar-refractivity contribution in [3.63, 3.8) is 0 Å². The van der Waals surface area contributed by atoms with Crippen LogP contribution in [0.4, 0.5) is 15.9 Å². The summed E-state index contributed by atoms with van der Waals surface area (Å²) in [6, 6.07) is 8.85. The Labute approximate surface area is 181 Å². The first-order chi connectivity index (χ1) is 15.5. The number of fused-ring (bicyclic) bond motifs is 1. The van der Waals surface area contributed by atoms with E-state index in [4.69, 9.17) is 9.47 Å². The Bertz CT molecular complexity index is 1280.